The minimum atomic E-state index is -4.03. The number of carbonyl (C=O) groups is 1. The minimum absolute atomic E-state index is 0.0390. The van der Waals surface area contributed by atoms with Crippen molar-refractivity contribution in [2.45, 2.75) is 77.0 Å². The SMILES string of the molecule is CNC[C@H]1OCCCC[C@@H](C)Oc2ccc(NS(=O)(=O)c3c(C)noc3C)cc2C(=O)N([C@H](C)CO)C[C@H]1C. The molecule has 0 unspecified atom stereocenters. The summed E-state index contributed by atoms with van der Waals surface area (Å²) in [6.45, 7) is 10.1. The van der Waals surface area contributed by atoms with Gasteiger partial charge in [-0.05, 0) is 72.2 Å². The van der Waals surface area contributed by atoms with Crippen LogP contribution in [0.25, 0.3) is 0 Å². The zero-order valence-electron chi connectivity index (χ0n) is 23.7. The Morgan fingerprint density at radius 1 is 1.23 bits per heavy atom. The van der Waals surface area contributed by atoms with Crippen molar-refractivity contribution in [3.8, 4) is 5.75 Å². The number of aliphatic hydroxyl groups is 1. The Morgan fingerprint density at radius 3 is 2.62 bits per heavy atom. The second-order valence-corrected chi connectivity index (χ2v) is 11.9. The number of nitrogens with zero attached hydrogens (tertiary/aromatic N) is 2. The molecule has 1 aromatic heterocycles. The fourth-order valence-corrected chi connectivity index (χ4v) is 6.12. The second kappa shape index (κ2) is 13.6. The Hall–Kier alpha value is -2.67. The predicted octanol–water partition coefficient (Wildman–Crippen LogP) is 3.11. The van der Waals surface area contributed by atoms with E-state index in [1.54, 1.807) is 30.9 Å². The van der Waals surface area contributed by atoms with Gasteiger partial charge in [0.2, 0.25) is 0 Å². The van der Waals surface area contributed by atoms with Crippen LogP contribution in [0.15, 0.2) is 27.6 Å². The van der Waals surface area contributed by atoms with Gasteiger partial charge < -0.3 is 29.3 Å². The largest absolute Gasteiger partial charge is 0.490 e. The topological polar surface area (TPSA) is 143 Å². The molecule has 4 atom stereocenters. The molecule has 2 aromatic rings. The quantitative estimate of drug-likeness (QED) is 0.461. The Labute approximate surface area is 231 Å². The molecule has 218 valence electrons. The fourth-order valence-electron chi connectivity index (χ4n) is 4.74. The maximum atomic E-state index is 14.1. The highest BCUT2D eigenvalue weighted by Gasteiger charge is 2.30. The number of likely N-dealkylation sites (N-methyl/N-ethyl adjacent to an activating group) is 1. The van der Waals surface area contributed by atoms with Gasteiger partial charge >= 0.3 is 0 Å². The maximum absolute atomic E-state index is 14.1. The summed E-state index contributed by atoms with van der Waals surface area (Å²) < 4.78 is 46.3. The summed E-state index contributed by atoms with van der Waals surface area (Å²) in [6, 6.07) is 4.17. The highest BCUT2D eigenvalue weighted by molar-refractivity contribution is 7.92. The zero-order chi connectivity index (χ0) is 28.7. The summed E-state index contributed by atoms with van der Waals surface area (Å²) in [4.78, 5) is 15.6. The third-order valence-corrected chi connectivity index (χ3v) is 8.57. The first-order chi connectivity index (χ1) is 18.5. The van der Waals surface area contributed by atoms with Crippen LogP contribution in [-0.4, -0.2) is 81.1 Å². The van der Waals surface area contributed by atoms with Crippen molar-refractivity contribution in [2.24, 2.45) is 5.92 Å². The van der Waals surface area contributed by atoms with Gasteiger partial charge in [0.15, 0.2) is 10.7 Å². The molecule has 39 heavy (non-hydrogen) atoms. The molecule has 3 N–H and O–H groups in total. The zero-order valence-corrected chi connectivity index (χ0v) is 24.5. The lowest BCUT2D eigenvalue weighted by molar-refractivity contribution is -0.000450. The highest BCUT2D eigenvalue weighted by Crippen LogP contribution is 2.30. The monoisotopic (exact) mass is 566 g/mol. The summed E-state index contributed by atoms with van der Waals surface area (Å²) >= 11 is 0. The van der Waals surface area contributed by atoms with E-state index in [0.717, 1.165) is 19.3 Å². The molecular weight excluding hydrogens is 524 g/mol. The van der Waals surface area contributed by atoms with Gasteiger partial charge in [-0.2, -0.15) is 0 Å². The maximum Gasteiger partial charge on any atom is 0.267 e. The molecule has 0 saturated carbocycles. The van der Waals surface area contributed by atoms with Gasteiger partial charge in [0.25, 0.3) is 15.9 Å². The number of ether oxygens (including phenoxy) is 2. The van der Waals surface area contributed by atoms with E-state index in [0.29, 0.717) is 25.4 Å². The van der Waals surface area contributed by atoms with Crippen LogP contribution in [0.5, 0.6) is 5.75 Å². The second-order valence-electron chi connectivity index (χ2n) is 10.3. The highest BCUT2D eigenvalue weighted by atomic mass is 32.2. The van der Waals surface area contributed by atoms with Crippen molar-refractivity contribution < 1.29 is 32.3 Å². The summed E-state index contributed by atoms with van der Waals surface area (Å²) in [5.74, 6) is 0.115. The van der Waals surface area contributed by atoms with Crippen molar-refractivity contribution in [1.82, 2.24) is 15.4 Å². The molecule has 0 saturated heterocycles. The number of hydrogen-bond donors (Lipinski definition) is 3. The molecule has 2 heterocycles. The van der Waals surface area contributed by atoms with Crippen molar-refractivity contribution in [1.29, 1.82) is 0 Å². The first-order valence-electron chi connectivity index (χ1n) is 13.4. The number of sulfonamides is 1. The normalized spacial score (nSPS) is 22.5. The van der Waals surface area contributed by atoms with E-state index >= 15 is 0 Å². The standard InChI is InChI=1S/C27H42N4O7S/c1-17-15-31(18(2)16-32)27(33)23-13-22(30-39(34,35)26-20(4)29-38-21(26)5)10-11-24(23)37-19(3)9-7-8-12-36-25(17)14-28-6/h10-11,13,17-19,25,28,30,32H,7-9,12,14-16H2,1-6H3/t17-,18-,19-,25-/m1/s1. The Bertz CT molecular complexity index is 1200. The number of amides is 1. The molecule has 11 nitrogen and oxygen atoms in total. The van der Waals surface area contributed by atoms with Crippen LogP contribution in [0, 0.1) is 19.8 Å². The average molecular weight is 567 g/mol. The van der Waals surface area contributed by atoms with E-state index in [1.807, 2.05) is 20.9 Å². The van der Waals surface area contributed by atoms with Gasteiger partial charge in [0, 0.05) is 31.3 Å². The van der Waals surface area contributed by atoms with Crippen molar-refractivity contribution in [3.05, 3.63) is 35.2 Å². The van der Waals surface area contributed by atoms with Crippen LogP contribution >= 0.6 is 0 Å². The fraction of sp³-hybridized carbons (Fsp3) is 0.630. The van der Waals surface area contributed by atoms with Crippen LogP contribution in [-0.2, 0) is 14.8 Å². The minimum Gasteiger partial charge on any atom is -0.490 e. The van der Waals surface area contributed by atoms with Crippen molar-refractivity contribution in [3.63, 3.8) is 0 Å². The third kappa shape index (κ3) is 7.71. The van der Waals surface area contributed by atoms with E-state index in [-0.39, 0.29) is 58.2 Å². The average Bonchev–Trinajstić information content (AvgIpc) is 3.24. The predicted molar refractivity (Wildman–Crippen MR) is 148 cm³/mol. The number of rotatable bonds is 7. The summed E-state index contributed by atoms with van der Waals surface area (Å²) in [5.41, 5.74) is 0.638. The van der Waals surface area contributed by atoms with Crippen LogP contribution in [0.1, 0.15) is 61.8 Å². The van der Waals surface area contributed by atoms with Crippen LogP contribution in [0.2, 0.25) is 0 Å². The number of fused-ring (bicyclic) bond motifs is 1. The molecular formula is C27H42N4O7S. The third-order valence-electron chi connectivity index (χ3n) is 6.95. The van der Waals surface area contributed by atoms with Gasteiger partial charge in [-0.15, -0.1) is 0 Å². The number of aliphatic hydroxyl groups excluding tert-OH is 1. The lowest BCUT2D eigenvalue weighted by atomic mass is 10.0. The molecule has 1 amide bonds. The molecule has 12 heteroatoms. The first kappa shape index (κ1) is 30.9. The van der Waals surface area contributed by atoms with Gasteiger partial charge in [0.1, 0.15) is 11.4 Å². The number of hydrogen-bond acceptors (Lipinski definition) is 9. The first-order valence-corrected chi connectivity index (χ1v) is 14.9. The smallest absolute Gasteiger partial charge is 0.267 e. The van der Waals surface area contributed by atoms with E-state index in [2.05, 4.69) is 15.2 Å². The Kier molecular flexibility index (Phi) is 10.8. The van der Waals surface area contributed by atoms with E-state index in [4.69, 9.17) is 14.0 Å². The number of carbonyl (C=O) groups excluding carboxylic acids is 1. The molecule has 3 rings (SSSR count). The molecule has 0 spiro atoms. The molecule has 0 aliphatic carbocycles. The van der Waals surface area contributed by atoms with Gasteiger partial charge in [0.05, 0.1) is 30.4 Å². The summed E-state index contributed by atoms with van der Waals surface area (Å²) in [7, 11) is -2.17. The summed E-state index contributed by atoms with van der Waals surface area (Å²) in [5, 5.41) is 16.9. The van der Waals surface area contributed by atoms with Crippen LogP contribution in [0.3, 0.4) is 0 Å². The van der Waals surface area contributed by atoms with E-state index in [1.165, 1.54) is 13.0 Å². The summed E-state index contributed by atoms with van der Waals surface area (Å²) in [6.07, 6.45) is 2.24. The number of benzene rings is 1. The molecule has 0 fully saturated rings. The lowest BCUT2D eigenvalue weighted by Gasteiger charge is -2.34. The molecule has 1 aromatic carbocycles. The Morgan fingerprint density at radius 2 is 1.97 bits per heavy atom. The van der Waals surface area contributed by atoms with E-state index in [9.17, 15) is 18.3 Å². The lowest BCUT2D eigenvalue weighted by Crippen LogP contribution is -2.47. The van der Waals surface area contributed by atoms with Crippen molar-refractivity contribution in [2.75, 3.05) is 38.1 Å². The number of aromatic nitrogens is 1. The molecule has 1 aliphatic rings. The van der Waals surface area contributed by atoms with Crippen molar-refractivity contribution >= 4 is 21.6 Å². The molecule has 1 aliphatic heterocycles. The van der Waals surface area contributed by atoms with Gasteiger partial charge in [-0.25, -0.2) is 8.42 Å². The van der Waals surface area contributed by atoms with E-state index < -0.39 is 16.1 Å². The number of nitrogens with one attached hydrogen (secondary N) is 2. The molecule has 0 bridgehead atoms. The van der Waals surface area contributed by atoms with Crippen LogP contribution in [0.4, 0.5) is 5.69 Å². The van der Waals surface area contributed by atoms with Gasteiger partial charge in [-0.3, -0.25) is 9.52 Å². The molecule has 0 radical (unpaired) electrons. The number of anilines is 1. The van der Waals surface area contributed by atoms with Crippen LogP contribution < -0.4 is 14.8 Å². The Balaban J connectivity index is 2.04. The number of aryl methyl sites for hydroxylation is 2. The van der Waals surface area contributed by atoms with Gasteiger partial charge in [-0.1, -0.05) is 12.1 Å².